The van der Waals surface area contributed by atoms with E-state index in [1.54, 1.807) is 6.07 Å². The maximum Gasteiger partial charge on any atom is 0.371 e. The van der Waals surface area contributed by atoms with Crippen LogP contribution in [0.4, 0.5) is 0 Å². The fraction of sp³-hybridized carbons (Fsp3) is 0.333. The van der Waals surface area contributed by atoms with Gasteiger partial charge in [0.25, 0.3) is 0 Å². The molecule has 0 radical (unpaired) electrons. The smallest absolute Gasteiger partial charge is 0.371 e. The number of carboxylic acids is 1. The monoisotopic (exact) mass is 195 g/mol. The van der Waals surface area contributed by atoms with Gasteiger partial charge >= 0.3 is 5.97 Å². The lowest BCUT2D eigenvalue weighted by Gasteiger charge is -2.00. The zero-order valence-corrected chi connectivity index (χ0v) is 7.32. The van der Waals surface area contributed by atoms with E-state index in [4.69, 9.17) is 9.52 Å². The van der Waals surface area contributed by atoms with Crippen molar-refractivity contribution in [2.45, 2.75) is 12.3 Å². The van der Waals surface area contributed by atoms with Crippen molar-refractivity contribution in [2.75, 3.05) is 6.54 Å². The van der Waals surface area contributed by atoms with E-state index in [-0.39, 0.29) is 17.6 Å². The van der Waals surface area contributed by atoms with E-state index in [1.165, 1.54) is 6.07 Å². The fourth-order valence-corrected chi connectivity index (χ4v) is 1.49. The van der Waals surface area contributed by atoms with Gasteiger partial charge in [0.2, 0.25) is 11.7 Å². The highest BCUT2D eigenvalue weighted by atomic mass is 16.4. The molecule has 0 saturated carbocycles. The van der Waals surface area contributed by atoms with Crippen molar-refractivity contribution < 1.29 is 19.1 Å². The van der Waals surface area contributed by atoms with E-state index in [0.717, 1.165) is 0 Å². The number of hydrogen-bond acceptors (Lipinski definition) is 3. The molecule has 1 aromatic heterocycles. The van der Waals surface area contributed by atoms with Crippen molar-refractivity contribution in [1.82, 2.24) is 5.32 Å². The maximum atomic E-state index is 10.9. The SMILES string of the molecule is O=C1CC(c2ccc(C(=O)O)o2)CN1. The molecule has 2 N–H and O–H groups in total. The number of hydrogen-bond donors (Lipinski definition) is 2. The Bertz CT molecular complexity index is 382. The van der Waals surface area contributed by atoms with Gasteiger partial charge < -0.3 is 14.8 Å². The summed E-state index contributed by atoms with van der Waals surface area (Å²) in [5.41, 5.74) is 0. The van der Waals surface area contributed by atoms with Crippen LogP contribution in [0.3, 0.4) is 0 Å². The van der Waals surface area contributed by atoms with Crippen LogP contribution < -0.4 is 5.32 Å². The number of carboxylic acid groups (broad SMARTS) is 1. The van der Waals surface area contributed by atoms with E-state index in [1.807, 2.05) is 0 Å². The van der Waals surface area contributed by atoms with E-state index in [9.17, 15) is 9.59 Å². The maximum absolute atomic E-state index is 10.9. The van der Waals surface area contributed by atoms with Crippen LogP contribution in [0.25, 0.3) is 0 Å². The van der Waals surface area contributed by atoms with Crippen molar-refractivity contribution in [2.24, 2.45) is 0 Å². The predicted octanol–water partition coefficient (Wildman–Crippen LogP) is 0.581. The van der Waals surface area contributed by atoms with Crippen LogP contribution in [0.15, 0.2) is 16.5 Å². The summed E-state index contributed by atoms with van der Waals surface area (Å²) in [5.74, 6) is -0.674. The van der Waals surface area contributed by atoms with E-state index in [0.29, 0.717) is 18.7 Å². The highest BCUT2D eigenvalue weighted by molar-refractivity contribution is 5.84. The highest BCUT2D eigenvalue weighted by Gasteiger charge is 2.26. The van der Waals surface area contributed by atoms with Gasteiger partial charge in [-0.15, -0.1) is 0 Å². The standard InChI is InChI=1S/C9H9NO4/c11-8-3-5(4-10-8)6-1-2-7(14-6)9(12)13/h1-2,5H,3-4H2,(H,10,11)(H,12,13). The van der Waals surface area contributed by atoms with Gasteiger partial charge in [0.05, 0.1) is 0 Å². The molecule has 14 heavy (non-hydrogen) atoms. The summed E-state index contributed by atoms with van der Waals surface area (Å²) in [4.78, 5) is 21.4. The van der Waals surface area contributed by atoms with Crippen LogP contribution in [0.5, 0.6) is 0 Å². The van der Waals surface area contributed by atoms with Gasteiger partial charge in [-0.1, -0.05) is 0 Å². The Morgan fingerprint density at radius 2 is 2.36 bits per heavy atom. The first-order valence-electron chi connectivity index (χ1n) is 4.26. The minimum absolute atomic E-state index is 0.0247. The van der Waals surface area contributed by atoms with Gasteiger partial charge in [0.15, 0.2) is 0 Å². The van der Waals surface area contributed by atoms with E-state index in [2.05, 4.69) is 5.32 Å². The van der Waals surface area contributed by atoms with Crippen molar-refractivity contribution in [3.05, 3.63) is 23.7 Å². The van der Waals surface area contributed by atoms with E-state index < -0.39 is 5.97 Å². The van der Waals surface area contributed by atoms with Crippen molar-refractivity contribution in [3.8, 4) is 0 Å². The molecule has 5 heteroatoms. The molecule has 2 heterocycles. The molecule has 1 saturated heterocycles. The highest BCUT2D eigenvalue weighted by Crippen LogP contribution is 2.24. The molecule has 0 aliphatic carbocycles. The lowest BCUT2D eigenvalue weighted by molar-refractivity contribution is -0.119. The van der Waals surface area contributed by atoms with Crippen molar-refractivity contribution in [1.29, 1.82) is 0 Å². The van der Waals surface area contributed by atoms with Crippen molar-refractivity contribution >= 4 is 11.9 Å². The average molecular weight is 195 g/mol. The van der Waals surface area contributed by atoms with Gasteiger partial charge in [-0.25, -0.2) is 4.79 Å². The first kappa shape index (κ1) is 8.80. The van der Waals surface area contributed by atoms with Gasteiger partial charge in [0.1, 0.15) is 5.76 Å². The Kier molecular flexibility index (Phi) is 1.99. The summed E-state index contributed by atoms with van der Waals surface area (Å²) in [7, 11) is 0. The number of amides is 1. The molecule has 1 fully saturated rings. The molecule has 1 aliphatic rings. The zero-order valence-electron chi connectivity index (χ0n) is 7.32. The molecule has 0 aromatic carbocycles. The molecule has 1 aliphatic heterocycles. The number of aromatic carboxylic acids is 1. The minimum atomic E-state index is -1.09. The fourth-order valence-electron chi connectivity index (χ4n) is 1.49. The molecule has 1 atom stereocenters. The third-order valence-corrected chi connectivity index (χ3v) is 2.22. The summed E-state index contributed by atoms with van der Waals surface area (Å²) in [6.07, 6.45) is 0.368. The summed E-state index contributed by atoms with van der Waals surface area (Å²) in [5, 5.41) is 11.3. The first-order chi connectivity index (χ1) is 6.66. The molecule has 2 rings (SSSR count). The molecular formula is C9H9NO4. The van der Waals surface area contributed by atoms with Gasteiger partial charge in [-0.2, -0.15) is 0 Å². The molecular weight excluding hydrogens is 186 g/mol. The molecule has 5 nitrogen and oxygen atoms in total. The van der Waals surface area contributed by atoms with Gasteiger partial charge in [-0.3, -0.25) is 4.79 Å². The van der Waals surface area contributed by atoms with Crippen LogP contribution in [0.1, 0.15) is 28.7 Å². The normalized spacial score (nSPS) is 20.9. The summed E-state index contributed by atoms with van der Waals surface area (Å²) >= 11 is 0. The molecule has 0 bridgehead atoms. The summed E-state index contributed by atoms with van der Waals surface area (Å²) in [6, 6.07) is 3.01. The second kappa shape index (κ2) is 3.17. The van der Waals surface area contributed by atoms with Crippen molar-refractivity contribution in [3.63, 3.8) is 0 Å². The summed E-state index contributed by atoms with van der Waals surface area (Å²) < 4.78 is 5.09. The van der Waals surface area contributed by atoms with Crippen LogP contribution in [0, 0.1) is 0 Å². The zero-order chi connectivity index (χ0) is 10.1. The lowest BCUT2D eigenvalue weighted by atomic mass is 10.1. The Labute approximate surface area is 79.7 Å². The molecule has 0 spiro atoms. The largest absolute Gasteiger partial charge is 0.475 e. The van der Waals surface area contributed by atoms with Gasteiger partial charge in [-0.05, 0) is 12.1 Å². The molecule has 1 amide bonds. The third kappa shape index (κ3) is 1.48. The average Bonchev–Trinajstić information content (AvgIpc) is 2.70. The number of rotatable bonds is 2. The Morgan fingerprint density at radius 3 is 2.86 bits per heavy atom. The topological polar surface area (TPSA) is 79.5 Å². The van der Waals surface area contributed by atoms with Crippen LogP contribution in [-0.2, 0) is 4.79 Å². The van der Waals surface area contributed by atoms with Crippen LogP contribution in [0.2, 0.25) is 0 Å². The molecule has 1 unspecified atom stereocenters. The molecule has 74 valence electrons. The quantitative estimate of drug-likeness (QED) is 0.723. The Balaban J connectivity index is 2.17. The third-order valence-electron chi connectivity index (χ3n) is 2.22. The number of nitrogens with one attached hydrogen (secondary N) is 1. The van der Waals surface area contributed by atoms with Gasteiger partial charge in [0, 0.05) is 18.9 Å². The second-order valence-corrected chi connectivity index (χ2v) is 3.21. The first-order valence-corrected chi connectivity index (χ1v) is 4.26. The second-order valence-electron chi connectivity index (χ2n) is 3.21. The number of carbonyl (C=O) groups excluding carboxylic acids is 1. The van der Waals surface area contributed by atoms with E-state index >= 15 is 0 Å². The van der Waals surface area contributed by atoms with Crippen LogP contribution in [-0.4, -0.2) is 23.5 Å². The Morgan fingerprint density at radius 1 is 1.57 bits per heavy atom. The van der Waals surface area contributed by atoms with Crippen LogP contribution >= 0.6 is 0 Å². The lowest BCUT2D eigenvalue weighted by Crippen LogP contribution is -2.13. The minimum Gasteiger partial charge on any atom is -0.475 e. The Hall–Kier alpha value is -1.78. The number of carbonyl (C=O) groups is 2. The molecule has 1 aromatic rings. The number of furan rings is 1. The predicted molar refractivity (Wildman–Crippen MR) is 46.0 cm³/mol. The summed E-state index contributed by atoms with van der Waals surface area (Å²) in [6.45, 7) is 0.519.